The van der Waals surface area contributed by atoms with Gasteiger partial charge in [0.15, 0.2) is 6.10 Å². The highest BCUT2D eigenvalue weighted by Gasteiger charge is 2.69. The van der Waals surface area contributed by atoms with Crippen LogP contribution in [0.4, 0.5) is 4.79 Å². The number of carbonyl (C=O) groups is 4. The molecule has 1 heterocycles. The molecular formula is C33H54N4O8S. The monoisotopic (exact) mass is 666 g/mol. The molecule has 3 unspecified atom stereocenters. The van der Waals surface area contributed by atoms with Crippen LogP contribution in [0.1, 0.15) is 97.3 Å². The maximum atomic E-state index is 14.5. The highest BCUT2D eigenvalue weighted by atomic mass is 32.2. The molecule has 4 amide bonds. The van der Waals surface area contributed by atoms with Crippen molar-refractivity contribution in [2.45, 2.75) is 127 Å². The van der Waals surface area contributed by atoms with Crippen LogP contribution in [0.3, 0.4) is 0 Å². The normalized spacial score (nSPS) is 29.1. The number of fused-ring (bicyclic) bond motifs is 1. The second-order valence-corrected chi connectivity index (χ2v) is 17.7. The molecule has 0 bridgehead atoms. The van der Waals surface area contributed by atoms with Crippen LogP contribution >= 0.6 is 0 Å². The molecule has 5 aliphatic rings. The predicted octanol–water partition coefficient (Wildman–Crippen LogP) is 2.28. The number of amides is 4. The van der Waals surface area contributed by atoms with E-state index < -0.39 is 57.5 Å². The molecule has 260 valence electrons. The Hall–Kier alpha value is -2.41. The number of hydrogen-bond donors (Lipinski definition) is 4. The number of carbonyl (C=O) groups excluding carboxylic acids is 4. The third-order valence-corrected chi connectivity index (χ3v) is 12.7. The molecule has 0 aromatic rings. The van der Waals surface area contributed by atoms with Gasteiger partial charge in [0.05, 0.1) is 24.4 Å². The molecule has 4 saturated carbocycles. The number of aliphatic hydroxyl groups is 1. The van der Waals surface area contributed by atoms with Crippen molar-refractivity contribution in [3.05, 3.63) is 0 Å². The summed E-state index contributed by atoms with van der Waals surface area (Å²) in [7, 11) is -2.17. The summed E-state index contributed by atoms with van der Waals surface area (Å²) in [4.78, 5) is 56.1. The van der Waals surface area contributed by atoms with E-state index in [1.807, 2.05) is 0 Å². The van der Waals surface area contributed by atoms with Crippen molar-refractivity contribution < 1.29 is 37.4 Å². The number of rotatable bonds is 12. The van der Waals surface area contributed by atoms with Gasteiger partial charge < -0.3 is 30.7 Å². The maximum Gasteiger partial charge on any atom is 0.336 e. The minimum atomic E-state index is -3.37. The molecule has 1 saturated heterocycles. The smallest absolute Gasteiger partial charge is 0.336 e. The van der Waals surface area contributed by atoms with Crippen molar-refractivity contribution in [1.29, 1.82) is 0 Å². The lowest BCUT2D eigenvalue weighted by atomic mass is 9.82. The second-order valence-electron chi connectivity index (χ2n) is 15.5. The van der Waals surface area contributed by atoms with E-state index in [1.54, 1.807) is 4.90 Å². The zero-order valence-electron chi connectivity index (χ0n) is 27.9. The molecule has 1 aliphatic heterocycles. The van der Waals surface area contributed by atoms with Crippen molar-refractivity contribution >= 4 is 33.7 Å². The van der Waals surface area contributed by atoms with Crippen molar-refractivity contribution in [2.24, 2.45) is 29.1 Å². The van der Waals surface area contributed by atoms with Gasteiger partial charge in [-0.3, -0.25) is 9.59 Å². The van der Waals surface area contributed by atoms with Crippen LogP contribution in [0.2, 0.25) is 0 Å². The summed E-state index contributed by atoms with van der Waals surface area (Å²) >= 11 is 0. The van der Waals surface area contributed by atoms with Gasteiger partial charge in [0.2, 0.25) is 11.8 Å². The summed E-state index contributed by atoms with van der Waals surface area (Å²) in [6.07, 6.45) is 10.2. The van der Waals surface area contributed by atoms with Crippen LogP contribution in [0.25, 0.3) is 0 Å². The minimum Gasteiger partial charge on any atom is -0.467 e. The van der Waals surface area contributed by atoms with E-state index in [9.17, 15) is 32.7 Å². The van der Waals surface area contributed by atoms with Crippen LogP contribution < -0.4 is 16.0 Å². The first-order valence-corrected chi connectivity index (χ1v) is 19.3. The summed E-state index contributed by atoms with van der Waals surface area (Å²) < 4.78 is 29.5. The lowest BCUT2D eigenvalue weighted by Crippen LogP contribution is -2.63. The summed E-state index contributed by atoms with van der Waals surface area (Å²) in [6, 6.07) is -3.04. The number of aliphatic hydroxyl groups excluding tert-OH is 1. The van der Waals surface area contributed by atoms with E-state index in [2.05, 4.69) is 29.8 Å². The quantitative estimate of drug-likeness (QED) is 0.230. The van der Waals surface area contributed by atoms with Gasteiger partial charge in [-0.25, -0.2) is 18.0 Å². The van der Waals surface area contributed by atoms with Crippen LogP contribution in [-0.2, 0) is 29.0 Å². The van der Waals surface area contributed by atoms with Gasteiger partial charge in [0.1, 0.15) is 21.9 Å². The molecule has 5 rings (SSSR count). The average Bonchev–Trinajstić information content (AvgIpc) is 3.85. The number of sulfone groups is 1. The Morgan fingerprint density at radius 3 is 2.17 bits per heavy atom. The minimum absolute atomic E-state index is 0.0885. The molecule has 0 radical (unpaired) electrons. The third kappa shape index (κ3) is 7.82. The summed E-state index contributed by atoms with van der Waals surface area (Å²) in [5.41, 5.74) is -1.04. The van der Waals surface area contributed by atoms with E-state index >= 15 is 0 Å². The summed E-state index contributed by atoms with van der Waals surface area (Å²) in [6.45, 7) is 4.56. The van der Waals surface area contributed by atoms with Gasteiger partial charge in [-0.15, -0.1) is 0 Å². The predicted molar refractivity (Wildman–Crippen MR) is 171 cm³/mol. The summed E-state index contributed by atoms with van der Waals surface area (Å²) in [5, 5.41) is 19.6. The van der Waals surface area contributed by atoms with Gasteiger partial charge in [-0.2, -0.15) is 0 Å². The van der Waals surface area contributed by atoms with Gasteiger partial charge in [0.25, 0.3) is 0 Å². The van der Waals surface area contributed by atoms with Crippen molar-refractivity contribution in [3.63, 3.8) is 0 Å². The number of nitrogens with one attached hydrogen (secondary N) is 3. The van der Waals surface area contributed by atoms with Crippen molar-refractivity contribution in [3.8, 4) is 0 Å². The Labute approximate surface area is 273 Å². The Kier molecular flexibility index (Phi) is 10.3. The van der Waals surface area contributed by atoms with Gasteiger partial charge in [-0.1, -0.05) is 65.2 Å². The standard InChI is InChI=1S/C33H54N4O8S/c1-32(2)22-18-37(26(24(22)32)28(39)34-23(17-20-13-14-20)27(38)30(41)45-3)29(40)25(21-11-7-5-8-12-21)35-31(42)36-33(19-46(4,43)44)15-9-6-10-16-33/h20-27,38H,5-19H2,1-4H3,(H,34,39)(H2,35,36,42)/t22?,23?,24-,25-,26-,27?/m0/s1. The lowest BCUT2D eigenvalue weighted by Gasteiger charge is -2.40. The molecule has 0 aromatic heterocycles. The highest BCUT2D eigenvalue weighted by Crippen LogP contribution is 2.65. The number of urea groups is 1. The van der Waals surface area contributed by atoms with E-state index in [0.717, 1.165) is 64.2 Å². The first-order valence-electron chi connectivity index (χ1n) is 17.3. The molecule has 46 heavy (non-hydrogen) atoms. The molecule has 0 aromatic carbocycles. The average molecular weight is 667 g/mol. The van der Waals surface area contributed by atoms with E-state index in [-0.39, 0.29) is 34.8 Å². The lowest BCUT2D eigenvalue weighted by molar-refractivity contribution is -0.153. The van der Waals surface area contributed by atoms with E-state index in [0.29, 0.717) is 31.7 Å². The van der Waals surface area contributed by atoms with Crippen molar-refractivity contribution in [1.82, 2.24) is 20.9 Å². The molecule has 4 N–H and O–H groups in total. The number of esters is 1. The molecule has 4 aliphatic carbocycles. The number of likely N-dealkylation sites (tertiary alicyclic amines) is 1. The molecule has 13 heteroatoms. The van der Waals surface area contributed by atoms with Gasteiger partial charge in [-0.05, 0) is 61.2 Å². The van der Waals surface area contributed by atoms with Crippen molar-refractivity contribution in [2.75, 3.05) is 25.7 Å². The number of nitrogens with zero attached hydrogens (tertiary/aromatic N) is 1. The summed E-state index contributed by atoms with van der Waals surface area (Å²) in [5.74, 6) is -1.45. The largest absolute Gasteiger partial charge is 0.467 e. The molecular weight excluding hydrogens is 612 g/mol. The molecule has 6 atom stereocenters. The molecule has 5 fully saturated rings. The Morgan fingerprint density at radius 1 is 0.957 bits per heavy atom. The fraction of sp³-hybridized carbons (Fsp3) is 0.879. The van der Waals surface area contributed by atoms with Crippen LogP contribution in [0, 0.1) is 29.1 Å². The highest BCUT2D eigenvalue weighted by molar-refractivity contribution is 7.90. The van der Waals surface area contributed by atoms with E-state index in [1.165, 1.54) is 13.4 Å². The zero-order valence-corrected chi connectivity index (χ0v) is 28.7. The molecule has 12 nitrogen and oxygen atoms in total. The topological polar surface area (TPSA) is 171 Å². The zero-order chi connectivity index (χ0) is 33.4. The number of ether oxygens (including phenoxy) is 1. The molecule has 0 spiro atoms. The van der Waals surface area contributed by atoms with Gasteiger partial charge in [0, 0.05) is 12.8 Å². The first kappa shape index (κ1) is 34.9. The Balaban J connectivity index is 1.36. The SMILES string of the molecule is COC(=O)C(O)C(CC1CC1)NC(=O)[C@@H]1[C@@H]2C(CN1C(=O)[C@@H](NC(=O)NC1(CS(C)(=O)=O)CCCCC1)C1CCCCC1)C2(C)C. The van der Waals surface area contributed by atoms with Crippen LogP contribution in [0.15, 0.2) is 0 Å². The van der Waals surface area contributed by atoms with Crippen LogP contribution in [-0.4, -0.2) is 97.7 Å². The van der Waals surface area contributed by atoms with E-state index in [4.69, 9.17) is 4.74 Å². The number of piperidine rings is 1. The van der Waals surface area contributed by atoms with Crippen LogP contribution in [0.5, 0.6) is 0 Å². The third-order valence-electron chi connectivity index (χ3n) is 11.6. The van der Waals surface area contributed by atoms with Gasteiger partial charge >= 0.3 is 12.0 Å². The Morgan fingerprint density at radius 2 is 1.59 bits per heavy atom. The fourth-order valence-corrected chi connectivity index (χ4v) is 10.2. The second kappa shape index (κ2) is 13.6. The number of methoxy groups -OCH3 is 1. The first-order chi connectivity index (χ1) is 21.7. The number of hydrogen-bond acceptors (Lipinski definition) is 8. The fourth-order valence-electron chi connectivity index (χ4n) is 8.83. The Bertz CT molecular complexity index is 1270. The maximum absolute atomic E-state index is 14.5.